The van der Waals surface area contributed by atoms with Gasteiger partial charge in [-0.05, 0) is 28.6 Å². The Morgan fingerprint density at radius 3 is 2.62 bits per heavy atom. The molecule has 0 spiro atoms. The lowest BCUT2D eigenvalue weighted by Crippen LogP contribution is -2.13. The van der Waals surface area contributed by atoms with Crippen molar-refractivity contribution in [1.82, 2.24) is 4.98 Å². The number of methoxy groups -OCH3 is 1. The first-order valence-corrected chi connectivity index (χ1v) is 6.62. The minimum Gasteiger partial charge on any atom is -0.495 e. The third-order valence-corrected chi connectivity index (χ3v) is 3.57. The summed E-state index contributed by atoms with van der Waals surface area (Å²) >= 11 is 0. The SMILES string of the molecule is COc1cncc(C(N)c2ccc(F)c3ccccc23)c1. The highest BCUT2D eigenvalue weighted by Crippen LogP contribution is 2.29. The fourth-order valence-electron chi connectivity index (χ4n) is 2.45. The third kappa shape index (κ3) is 2.45. The molecular formula is C17H15FN2O. The minimum atomic E-state index is -0.391. The smallest absolute Gasteiger partial charge is 0.137 e. The van der Waals surface area contributed by atoms with E-state index in [0.29, 0.717) is 11.1 Å². The van der Waals surface area contributed by atoms with Crippen molar-refractivity contribution in [2.24, 2.45) is 5.73 Å². The van der Waals surface area contributed by atoms with Crippen molar-refractivity contribution < 1.29 is 9.13 Å². The second-order valence-corrected chi connectivity index (χ2v) is 4.82. The zero-order valence-corrected chi connectivity index (χ0v) is 11.6. The van der Waals surface area contributed by atoms with Gasteiger partial charge in [-0.1, -0.05) is 30.3 Å². The second kappa shape index (κ2) is 5.50. The van der Waals surface area contributed by atoms with Crippen LogP contribution in [0.3, 0.4) is 0 Å². The van der Waals surface area contributed by atoms with E-state index < -0.39 is 6.04 Å². The molecule has 0 radical (unpaired) electrons. The van der Waals surface area contributed by atoms with Crippen LogP contribution in [0, 0.1) is 5.82 Å². The molecule has 2 N–H and O–H groups in total. The molecule has 0 fully saturated rings. The van der Waals surface area contributed by atoms with Gasteiger partial charge in [0.2, 0.25) is 0 Å². The molecule has 3 rings (SSSR count). The molecule has 0 bridgehead atoms. The number of rotatable bonds is 3. The molecule has 1 unspecified atom stereocenters. The molecule has 21 heavy (non-hydrogen) atoms. The maximum atomic E-state index is 13.9. The third-order valence-electron chi connectivity index (χ3n) is 3.57. The maximum absolute atomic E-state index is 13.9. The van der Waals surface area contributed by atoms with Crippen LogP contribution in [0.1, 0.15) is 17.2 Å². The number of pyridine rings is 1. The van der Waals surface area contributed by atoms with Crippen LogP contribution < -0.4 is 10.5 Å². The van der Waals surface area contributed by atoms with Gasteiger partial charge in [0.15, 0.2) is 0 Å². The van der Waals surface area contributed by atoms with Crippen molar-refractivity contribution in [2.45, 2.75) is 6.04 Å². The zero-order chi connectivity index (χ0) is 14.8. The number of hydrogen-bond acceptors (Lipinski definition) is 3. The van der Waals surface area contributed by atoms with Crippen LogP contribution in [0.25, 0.3) is 10.8 Å². The second-order valence-electron chi connectivity index (χ2n) is 4.82. The molecule has 1 heterocycles. The Labute approximate surface area is 122 Å². The van der Waals surface area contributed by atoms with Crippen LogP contribution in [-0.4, -0.2) is 12.1 Å². The summed E-state index contributed by atoms with van der Waals surface area (Å²) in [5, 5.41) is 1.38. The van der Waals surface area contributed by atoms with E-state index in [2.05, 4.69) is 4.98 Å². The van der Waals surface area contributed by atoms with Gasteiger partial charge in [-0.25, -0.2) is 4.39 Å². The number of halogens is 1. The van der Waals surface area contributed by atoms with Crippen molar-refractivity contribution in [3.63, 3.8) is 0 Å². The van der Waals surface area contributed by atoms with Crippen molar-refractivity contribution in [3.8, 4) is 5.75 Å². The van der Waals surface area contributed by atoms with E-state index in [4.69, 9.17) is 10.5 Å². The number of benzene rings is 2. The average molecular weight is 282 g/mol. The van der Waals surface area contributed by atoms with Crippen LogP contribution in [0.2, 0.25) is 0 Å². The largest absolute Gasteiger partial charge is 0.495 e. The number of nitrogens with two attached hydrogens (primary N) is 1. The Balaban J connectivity index is 2.13. The first kappa shape index (κ1) is 13.5. The number of fused-ring (bicyclic) bond motifs is 1. The number of nitrogens with zero attached hydrogens (tertiary/aromatic N) is 1. The van der Waals surface area contributed by atoms with Crippen molar-refractivity contribution in [1.29, 1.82) is 0 Å². The normalized spacial score (nSPS) is 12.3. The fourth-order valence-corrected chi connectivity index (χ4v) is 2.45. The summed E-state index contributed by atoms with van der Waals surface area (Å²) in [5.74, 6) is 0.402. The van der Waals surface area contributed by atoms with Gasteiger partial charge in [0, 0.05) is 11.6 Å². The van der Waals surface area contributed by atoms with Gasteiger partial charge in [0.05, 0.1) is 19.3 Å². The molecule has 3 nitrogen and oxygen atoms in total. The van der Waals surface area contributed by atoms with Gasteiger partial charge in [0.1, 0.15) is 11.6 Å². The molecule has 106 valence electrons. The van der Waals surface area contributed by atoms with Crippen molar-refractivity contribution in [3.05, 3.63) is 71.8 Å². The topological polar surface area (TPSA) is 48.1 Å². The van der Waals surface area contributed by atoms with Crippen LogP contribution in [-0.2, 0) is 0 Å². The quantitative estimate of drug-likeness (QED) is 0.800. The number of ether oxygens (including phenoxy) is 1. The van der Waals surface area contributed by atoms with Crippen LogP contribution in [0.4, 0.5) is 4.39 Å². The lowest BCUT2D eigenvalue weighted by atomic mass is 9.95. The molecule has 0 saturated carbocycles. The highest BCUT2D eigenvalue weighted by atomic mass is 19.1. The Hall–Kier alpha value is -2.46. The van der Waals surface area contributed by atoms with E-state index in [1.54, 1.807) is 31.6 Å². The molecule has 0 saturated heterocycles. The zero-order valence-electron chi connectivity index (χ0n) is 11.6. The van der Waals surface area contributed by atoms with Crippen LogP contribution in [0.15, 0.2) is 54.9 Å². The summed E-state index contributed by atoms with van der Waals surface area (Å²) < 4.78 is 19.0. The lowest BCUT2D eigenvalue weighted by molar-refractivity contribution is 0.412. The lowest BCUT2D eigenvalue weighted by Gasteiger charge is -2.16. The van der Waals surface area contributed by atoms with E-state index in [1.807, 2.05) is 24.3 Å². The molecular weight excluding hydrogens is 267 g/mol. The van der Waals surface area contributed by atoms with E-state index in [1.165, 1.54) is 6.07 Å². The standard InChI is InChI=1S/C17H15FN2O/c1-21-12-8-11(9-20-10-12)17(19)15-6-7-16(18)14-5-3-2-4-13(14)15/h2-10,17H,19H2,1H3. The molecule has 0 aliphatic rings. The van der Waals surface area contributed by atoms with E-state index in [9.17, 15) is 4.39 Å². The monoisotopic (exact) mass is 282 g/mol. The first-order valence-electron chi connectivity index (χ1n) is 6.62. The van der Waals surface area contributed by atoms with Gasteiger partial charge in [-0.3, -0.25) is 4.98 Å². The van der Waals surface area contributed by atoms with Gasteiger partial charge in [-0.2, -0.15) is 0 Å². The predicted molar refractivity (Wildman–Crippen MR) is 80.7 cm³/mol. The molecule has 2 aromatic carbocycles. The predicted octanol–water partition coefficient (Wildman–Crippen LogP) is 3.43. The van der Waals surface area contributed by atoms with Gasteiger partial charge < -0.3 is 10.5 Å². The van der Waals surface area contributed by atoms with Crippen LogP contribution in [0.5, 0.6) is 5.75 Å². The van der Waals surface area contributed by atoms with Gasteiger partial charge in [-0.15, -0.1) is 0 Å². The van der Waals surface area contributed by atoms with Crippen molar-refractivity contribution >= 4 is 10.8 Å². The fraction of sp³-hybridized carbons (Fsp3) is 0.118. The van der Waals surface area contributed by atoms with E-state index in [0.717, 1.165) is 16.5 Å². The summed E-state index contributed by atoms with van der Waals surface area (Å²) in [6.07, 6.45) is 3.32. The molecule has 0 aliphatic carbocycles. The summed E-state index contributed by atoms with van der Waals surface area (Å²) in [6, 6.07) is 11.9. The maximum Gasteiger partial charge on any atom is 0.137 e. The highest BCUT2D eigenvalue weighted by Gasteiger charge is 2.14. The summed E-state index contributed by atoms with van der Waals surface area (Å²) in [6.45, 7) is 0. The number of hydrogen-bond donors (Lipinski definition) is 1. The van der Waals surface area contributed by atoms with Gasteiger partial charge >= 0.3 is 0 Å². The molecule has 1 atom stereocenters. The Morgan fingerprint density at radius 2 is 1.86 bits per heavy atom. The molecule has 4 heteroatoms. The molecule has 3 aromatic rings. The highest BCUT2D eigenvalue weighted by molar-refractivity contribution is 5.87. The Bertz CT molecular complexity index is 789. The Morgan fingerprint density at radius 1 is 1.10 bits per heavy atom. The number of aromatic nitrogens is 1. The van der Waals surface area contributed by atoms with Gasteiger partial charge in [0.25, 0.3) is 0 Å². The molecule has 0 amide bonds. The molecule has 0 aliphatic heterocycles. The summed E-state index contributed by atoms with van der Waals surface area (Å²) in [7, 11) is 1.58. The molecule has 1 aromatic heterocycles. The van der Waals surface area contributed by atoms with Crippen molar-refractivity contribution in [2.75, 3.05) is 7.11 Å². The minimum absolute atomic E-state index is 0.245. The summed E-state index contributed by atoms with van der Waals surface area (Å²) in [5.41, 5.74) is 8.03. The van der Waals surface area contributed by atoms with Crippen LogP contribution >= 0.6 is 0 Å². The summed E-state index contributed by atoms with van der Waals surface area (Å²) in [4.78, 5) is 4.12. The average Bonchev–Trinajstić information content (AvgIpc) is 2.55. The van der Waals surface area contributed by atoms with E-state index in [-0.39, 0.29) is 5.82 Å². The first-order chi connectivity index (χ1) is 10.2. The Kier molecular flexibility index (Phi) is 3.54. The van der Waals surface area contributed by atoms with E-state index >= 15 is 0 Å².